The predicted octanol–water partition coefficient (Wildman–Crippen LogP) is 5.22. The van der Waals surface area contributed by atoms with E-state index < -0.39 is 15.7 Å². The standard InChI is InChI=1S/C23H25FN2O3S/c1-14(2)26-17(5)16(4)21(30(28,29)19-12-10-18(24)11-13-19)22(26)25-23(27)20-9-7-6-8-15(20)3/h6-14H,1-5H3,(H,25,27). The van der Waals surface area contributed by atoms with Gasteiger partial charge in [-0.25, -0.2) is 12.8 Å². The molecule has 1 N–H and O–H groups in total. The van der Waals surface area contributed by atoms with E-state index in [0.717, 1.165) is 23.4 Å². The van der Waals surface area contributed by atoms with Gasteiger partial charge in [0, 0.05) is 17.3 Å². The fraction of sp³-hybridized carbons (Fsp3) is 0.261. The van der Waals surface area contributed by atoms with Crippen molar-refractivity contribution in [3.8, 4) is 0 Å². The van der Waals surface area contributed by atoms with E-state index in [1.165, 1.54) is 12.1 Å². The zero-order valence-electron chi connectivity index (χ0n) is 17.7. The summed E-state index contributed by atoms with van der Waals surface area (Å²) in [6.07, 6.45) is 0. The SMILES string of the molecule is Cc1ccccc1C(=O)Nc1c(S(=O)(=O)c2ccc(F)cc2)c(C)c(C)n1C(C)C. The van der Waals surface area contributed by atoms with Crippen molar-refractivity contribution in [1.29, 1.82) is 0 Å². The van der Waals surface area contributed by atoms with Crippen molar-refractivity contribution >= 4 is 21.6 Å². The molecule has 0 spiro atoms. The maximum absolute atomic E-state index is 13.5. The van der Waals surface area contributed by atoms with Gasteiger partial charge in [0.25, 0.3) is 5.91 Å². The highest BCUT2D eigenvalue weighted by Gasteiger charge is 2.31. The Labute approximate surface area is 176 Å². The molecule has 0 bridgehead atoms. The Hall–Kier alpha value is -2.93. The van der Waals surface area contributed by atoms with Gasteiger partial charge in [-0.05, 0) is 76.1 Å². The molecule has 0 aliphatic heterocycles. The van der Waals surface area contributed by atoms with Crippen LogP contribution in [0.15, 0.2) is 58.3 Å². The molecule has 30 heavy (non-hydrogen) atoms. The Bertz CT molecular complexity index is 1210. The highest BCUT2D eigenvalue weighted by molar-refractivity contribution is 7.91. The van der Waals surface area contributed by atoms with Crippen LogP contribution in [0.25, 0.3) is 0 Å². The number of carbonyl (C=O) groups excluding carboxylic acids is 1. The first-order valence-corrected chi connectivity index (χ1v) is 11.1. The van der Waals surface area contributed by atoms with Gasteiger partial charge in [-0.3, -0.25) is 4.79 Å². The van der Waals surface area contributed by atoms with Crippen molar-refractivity contribution in [2.24, 2.45) is 0 Å². The van der Waals surface area contributed by atoms with Crippen LogP contribution in [0.4, 0.5) is 10.2 Å². The van der Waals surface area contributed by atoms with Crippen molar-refractivity contribution < 1.29 is 17.6 Å². The second kappa shape index (κ2) is 8.07. The predicted molar refractivity (Wildman–Crippen MR) is 115 cm³/mol. The summed E-state index contributed by atoms with van der Waals surface area (Å²) in [5.74, 6) is -0.685. The van der Waals surface area contributed by atoms with Crippen LogP contribution in [-0.4, -0.2) is 18.9 Å². The van der Waals surface area contributed by atoms with Crippen molar-refractivity contribution in [2.45, 2.75) is 50.5 Å². The largest absolute Gasteiger partial charge is 0.328 e. The molecule has 0 aliphatic rings. The summed E-state index contributed by atoms with van der Waals surface area (Å²) in [6, 6.07) is 11.7. The fourth-order valence-electron chi connectivity index (χ4n) is 3.63. The fourth-order valence-corrected chi connectivity index (χ4v) is 5.31. The summed E-state index contributed by atoms with van der Waals surface area (Å²) in [5.41, 5.74) is 2.54. The third-order valence-corrected chi connectivity index (χ3v) is 7.16. The zero-order valence-corrected chi connectivity index (χ0v) is 18.5. The normalized spacial score (nSPS) is 11.7. The molecule has 0 radical (unpaired) electrons. The van der Waals surface area contributed by atoms with Gasteiger partial charge in [0.2, 0.25) is 9.84 Å². The molecule has 5 nitrogen and oxygen atoms in total. The number of hydrogen-bond acceptors (Lipinski definition) is 3. The molecule has 1 amide bonds. The number of aryl methyl sites for hydroxylation is 1. The van der Waals surface area contributed by atoms with Gasteiger partial charge in [-0.15, -0.1) is 0 Å². The van der Waals surface area contributed by atoms with E-state index in [9.17, 15) is 17.6 Å². The summed E-state index contributed by atoms with van der Waals surface area (Å²) < 4.78 is 42.1. The molecule has 3 aromatic rings. The Kier molecular flexibility index (Phi) is 5.85. The third kappa shape index (κ3) is 3.77. The molecule has 0 fully saturated rings. The molecule has 0 saturated carbocycles. The van der Waals surface area contributed by atoms with E-state index >= 15 is 0 Å². The molecule has 1 aromatic heterocycles. The van der Waals surface area contributed by atoms with Gasteiger partial charge in [0.15, 0.2) is 0 Å². The molecular formula is C23H25FN2O3S. The molecule has 1 heterocycles. The Morgan fingerprint density at radius 3 is 2.17 bits per heavy atom. The highest BCUT2D eigenvalue weighted by atomic mass is 32.2. The number of sulfone groups is 1. The average molecular weight is 429 g/mol. The van der Waals surface area contributed by atoms with Crippen LogP contribution in [0, 0.1) is 26.6 Å². The number of benzene rings is 2. The first-order chi connectivity index (χ1) is 14.1. The van der Waals surface area contributed by atoms with Crippen molar-refractivity contribution in [2.75, 3.05) is 5.32 Å². The summed E-state index contributed by atoms with van der Waals surface area (Å²) in [5, 5.41) is 2.84. The number of rotatable bonds is 5. The molecule has 2 aromatic carbocycles. The lowest BCUT2D eigenvalue weighted by Crippen LogP contribution is -2.19. The second-order valence-electron chi connectivity index (χ2n) is 7.58. The first-order valence-electron chi connectivity index (χ1n) is 9.64. The van der Waals surface area contributed by atoms with Crippen LogP contribution in [0.2, 0.25) is 0 Å². The molecule has 0 unspecified atom stereocenters. The Morgan fingerprint density at radius 2 is 1.60 bits per heavy atom. The van der Waals surface area contributed by atoms with Gasteiger partial charge in [0.05, 0.1) is 4.90 Å². The number of hydrogen-bond donors (Lipinski definition) is 1. The quantitative estimate of drug-likeness (QED) is 0.567. The van der Waals surface area contributed by atoms with E-state index in [-0.39, 0.29) is 27.6 Å². The number of nitrogens with zero attached hydrogens (tertiary/aromatic N) is 1. The van der Waals surface area contributed by atoms with Gasteiger partial charge in [-0.1, -0.05) is 18.2 Å². The molecule has 0 aliphatic carbocycles. The van der Waals surface area contributed by atoms with Crippen LogP contribution < -0.4 is 5.32 Å². The zero-order chi connectivity index (χ0) is 22.2. The van der Waals surface area contributed by atoms with Crippen LogP contribution in [-0.2, 0) is 9.84 Å². The van der Waals surface area contributed by atoms with Crippen LogP contribution >= 0.6 is 0 Å². The first kappa shape index (κ1) is 21.8. The maximum atomic E-state index is 13.5. The van der Waals surface area contributed by atoms with Crippen LogP contribution in [0.5, 0.6) is 0 Å². The number of aromatic nitrogens is 1. The minimum atomic E-state index is -3.99. The number of carbonyl (C=O) groups is 1. The molecule has 0 atom stereocenters. The number of halogens is 1. The van der Waals surface area contributed by atoms with Crippen molar-refractivity contribution in [1.82, 2.24) is 4.57 Å². The summed E-state index contributed by atoms with van der Waals surface area (Å²) in [7, 11) is -3.99. The molecule has 0 saturated heterocycles. The number of amides is 1. The number of anilines is 1. The van der Waals surface area contributed by atoms with E-state index in [0.29, 0.717) is 11.1 Å². The van der Waals surface area contributed by atoms with Crippen LogP contribution in [0.3, 0.4) is 0 Å². The van der Waals surface area contributed by atoms with Gasteiger partial charge in [-0.2, -0.15) is 0 Å². The third-order valence-electron chi connectivity index (χ3n) is 5.23. The van der Waals surface area contributed by atoms with Gasteiger partial charge in [0.1, 0.15) is 16.5 Å². The van der Waals surface area contributed by atoms with Gasteiger partial charge >= 0.3 is 0 Å². The van der Waals surface area contributed by atoms with E-state index in [1.54, 1.807) is 19.1 Å². The summed E-state index contributed by atoms with van der Waals surface area (Å²) in [6.45, 7) is 9.20. The topological polar surface area (TPSA) is 68.2 Å². The lowest BCUT2D eigenvalue weighted by Gasteiger charge is -2.18. The van der Waals surface area contributed by atoms with E-state index in [4.69, 9.17) is 0 Å². The molecule has 3 rings (SSSR count). The lowest BCUT2D eigenvalue weighted by atomic mass is 10.1. The van der Waals surface area contributed by atoms with Crippen molar-refractivity contribution in [3.05, 3.63) is 76.7 Å². The molecule has 7 heteroatoms. The minimum absolute atomic E-state index is 0.0284. The summed E-state index contributed by atoms with van der Waals surface area (Å²) in [4.78, 5) is 13.0. The monoisotopic (exact) mass is 428 g/mol. The minimum Gasteiger partial charge on any atom is -0.328 e. The smallest absolute Gasteiger partial charge is 0.257 e. The highest BCUT2D eigenvalue weighted by Crippen LogP contribution is 2.37. The lowest BCUT2D eigenvalue weighted by molar-refractivity contribution is 0.102. The van der Waals surface area contributed by atoms with Crippen molar-refractivity contribution in [3.63, 3.8) is 0 Å². The summed E-state index contributed by atoms with van der Waals surface area (Å²) >= 11 is 0. The Balaban J connectivity index is 2.21. The molecule has 158 valence electrons. The van der Waals surface area contributed by atoms with Gasteiger partial charge < -0.3 is 9.88 Å². The van der Waals surface area contributed by atoms with E-state index in [2.05, 4.69) is 5.32 Å². The van der Waals surface area contributed by atoms with Crippen LogP contribution in [0.1, 0.15) is 47.1 Å². The Morgan fingerprint density at radius 1 is 1.00 bits per heavy atom. The maximum Gasteiger partial charge on any atom is 0.257 e. The average Bonchev–Trinajstić information content (AvgIpc) is 2.93. The molecular weight excluding hydrogens is 403 g/mol. The van der Waals surface area contributed by atoms with E-state index in [1.807, 2.05) is 44.4 Å². The number of nitrogens with one attached hydrogen (secondary N) is 1. The second-order valence-corrected chi connectivity index (χ2v) is 9.46.